The highest BCUT2D eigenvalue weighted by Gasteiger charge is 2.13. The summed E-state index contributed by atoms with van der Waals surface area (Å²) < 4.78 is 5.21. The molecule has 3 N–H and O–H groups in total. The Morgan fingerprint density at radius 1 is 1.29 bits per heavy atom. The number of nitrogen functional groups attached to an aromatic ring is 1. The number of hydrogen-bond donors (Lipinski definition) is 2. The van der Waals surface area contributed by atoms with Gasteiger partial charge >= 0.3 is 0 Å². The number of methoxy groups -OCH3 is 1. The van der Waals surface area contributed by atoms with E-state index in [1.54, 1.807) is 7.11 Å². The molecule has 3 heteroatoms. The molecule has 0 amide bonds. The normalized spacial score (nSPS) is 16.8. The standard InChI is InChI=1S/C14H22N2O/c1-17-13-9-5-8-12(14(13)15)16-10-11-6-3-2-4-7-11/h5,8-9,11,16H,2-4,6-7,10,15H2,1H3. The molecule has 94 valence electrons. The maximum Gasteiger partial charge on any atom is 0.143 e. The van der Waals surface area contributed by atoms with E-state index in [-0.39, 0.29) is 0 Å². The van der Waals surface area contributed by atoms with E-state index in [9.17, 15) is 0 Å². The van der Waals surface area contributed by atoms with Crippen LogP contribution in [0.4, 0.5) is 11.4 Å². The molecule has 1 fully saturated rings. The molecule has 0 aliphatic heterocycles. The van der Waals surface area contributed by atoms with E-state index in [0.29, 0.717) is 5.69 Å². The third-order valence-electron chi connectivity index (χ3n) is 3.59. The second-order valence-electron chi connectivity index (χ2n) is 4.81. The highest BCUT2D eigenvalue weighted by molar-refractivity contribution is 5.72. The van der Waals surface area contributed by atoms with Crippen molar-refractivity contribution in [3.05, 3.63) is 18.2 Å². The van der Waals surface area contributed by atoms with Crippen LogP contribution in [0.1, 0.15) is 32.1 Å². The van der Waals surface area contributed by atoms with E-state index in [0.717, 1.165) is 23.9 Å². The highest BCUT2D eigenvalue weighted by atomic mass is 16.5. The van der Waals surface area contributed by atoms with Crippen molar-refractivity contribution < 1.29 is 4.74 Å². The fourth-order valence-electron chi connectivity index (χ4n) is 2.52. The summed E-state index contributed by atoms with van der Waals surface area (Å²) in [6.07, 6.45) is 6.84. The zero-order valence-corrected chi connectivity index (χ0v) is 10.5. The van der Waals surface area contributed by atoms with Crippen molar-refractivity contribution in [2.24, 2.45) is 5.92 Å². The third kappa shape index (κ3) is 3.05. The highest BCUT2D eigenvalue weighted by Crippen LogP contribution is 2.30. The smallest absolute Gasteiger partial charge is 0.143 e. The summed E-state index contributed by atoms with van der Waals surface area (Å²) in [6.45, 7) is 1.03. The Hall–Kier alpha value is -1.38. The molecule has 2 rings (SSSR count). The molecule has 1 aromatic carbocycles. The molecule has 0 saturated heterocycles. The van der Waals surface area contributed by atoms with E-state index >= 15 is 0 Å². The van der Waals surface area contributed by atoms with Gasteiger partial charge in [-0.3, -0.25) is 0 Å². The fourth-order valence-corrected chi connectivity index (χ4v) is 2.52. The van der Waals surface area contributed by atoms with Gasteiger partial charge in [-0.2, -0.15) is 0 Å². The van der Waals surface area contributed by atoms with Gasteiger partial charge in [0.15, 0.2) is 0 Å². The average Bonchev–Trinajstić information content (AvgIpc) is 2.39. The summed E-state index contributed by atoms with van der Waals surface area (Å²) in [4.78, 5) is 0. The molecule has 3 nitrogen and oxygen atoms in total. The van der Waals surface area contributed by atoms with Gasteiger partial charge in [-0.15, -0.1) is 0 Å². The van der Waals surface area contributed by atoms with Gasteiger partial charge in [0.05, 0.1) is 18.5 Å². The quantitative estimate of drug-likeness (QED) is 0.786. The maximum atomic E-state index is 6.02. The number of benzene rings is 1. The molecule has 1 saturated carbocycles. The molecule has 0 radical (unpaired) electrons. The van der Waals surface area contributed by atoms with Crippen LogP contribution in [0.2, 0.25) is 0 Å². The van der Waals surface area contributed by atoms with Gasteiger partial charge in [0.25, 0.3) is 0 Å². The van der Waals surface area contributed by atoms with Crippen molar-refractivity contribution in [3.63, 3.8) is 0 Å². The topological polar surface area (TPSA) is 47.3 Å². The summed E-state index contributed by atoms with van der Waals surface area (Å²) in [5.41, 5.74) is 7.73. The lowest BCUT2D eigenvalue weighted by molar-refractivity contribution is 0.373. The molecule has 0 aromatic heterocycles. The van der Waals surface area contributed by atoms with E-state index < -0.39 is 0 Å². The summed E-state index contributed by atoms with van der Waals surface area (Å²) in [5.74, 6) is 1.55. The molecular formula is C14H22N2O. The Balaban J connectivity index is 1.93. The van der Waals surface area contributed by atoms with Crippen molar-refractivity contribution in [1.29, 1.82) is 0 Å². The first kappa shape index (κ1) is 12.1. The van der Waals surface area contributed by atoms with Gasteiger partial charge in [-0.25, -0.2) is 0 Å². The van der Waals surface area contributed by atoms with Crippen molar-refractivity contribution in [2.45, 2.75) is 32.1 Å². The second-order valence-corrected chi connectivity index (χ2v) is 4.81. The largest absolute Gasteiger partial charge is 0.495 e. The van der Waals surface area contributed by atoms with Gasteiger partial charge in [-0.05, 0) is 30.9 Å². The molecule has 0 spiro atoms. The van der Waals surface area contributed by atoms with Crippen LogP contribution < -0.4 is 15.8 Å². The molecular weight excluding hydrogens is 212 g/mol. The molecule has 1 aliphatic rings. The Kier molecular flexibility index (Phi) is 4.13. The van der Waals surface area contributed by atoms with Crippen LogP contribution in [-0.4, -0.2) is 13.7 Å². The summed E-state index contributed by atoms with van der Waals surface area (Å²) in [5, 5.41) is 3.45. The Morgan fingerprint density at radius 3 is 2.76 bits per heavy atom. The number of anilines is 2. The van der Waals surface area contributed by atoms with Crippen LogP contribution in [0.25, 0.3) is 0 Å². The lowest BCUT2D eigenvalue weighted by atomic mass is 9.89. The Morgan fingerprint density at radius 2 is 2.06 bits per heavy atom. The van der Waals surface area contributed by atoms with Crippen LogP contribution >= 0.6 is 0 Å². The van der Waals surface area contributed by atoms with Crippen LogP contribution in [-0.2, 0) is 0 Å². The minimum Gasteiger partial charge on any atom is -0.495 e. The predicted molar refractivity (Wildman–Crippen MR) is 72.5 cm³/mol. The SMILES string of the molecule is COc1cccc(NCC2CCCCC2)c1N. The third-order valence-corrected chi connectivity index (χ3v) is 3.59. The molecule has 1 aliphatic carbocycles. The number of nitrogens with one attached hydrogen (secondary N) is 1. The average molecular weight is 234 g/mol. The van der Waals surface area contributed by atoms with Crippen LogP contribution in [0.5, 0.6) is 5.75 Å². The molecule has 0 bridgehead atoms. The van der Waals surface area contributed by atoms with Crippen LogP contribution in [0.15, 0.2) is 18.2 Å². The van der Waals surface area contributed by atoms with Gasteiger partial charge in [0.2, 0.25) is 0 Å². The van der Waals surface area contributed by atoms with Crippen LogP contribution in [0.3, 0.4) is 0 Å². The number of para-hydroxylation sites is 1. The van der Waals surface area contributed by atoms with E-state index in [2.05, 4.69) is 5.32 Å². The number of nitrogens with two attached hydrogens (primary N) is 1. The van der Waals surface area contributed by atoms with Crippen LogP contribution in [0, 0.1) is 5.92 Å². The summed E-state index contributed by atoms with van der Waals surface area (Å²) in [6, 6.07) is 5.88. The molecule has 1 aromatic rings. The lowest BCUT2D eigenvalue weighted by Crippen LogP contribution is -2.17. The minimum atomic E-state index is 0.714. The first-order valence-corrected chi connectivity index (χ1v) is 6.47. The zero-order chi connectivity index (χ0) is 12.1. The molecule has 17 heavy (non-hydrogen) atoms. The van der Waals surface area contributed by atoms with Crippen molar-refractivity contribution in [2.75, 3.05) is 24.7 Å². The monoisotopic (exact) mass is 234 g/mol. The fraction of sp³-hybridized carbons (Fsp3) is 0.571. The van der Waals surface area contributed by atoms with E-state index in [1.807, 2.05) is 18.2 Å². The first-order chi connectivity index (χ1) is 8.31. The molecule has 0 unspecified atom stereocenters. The van der Waals surface area contributed by atoms with Crippen molar-refractivity contribution in [3.8, 4) is 5.75 Å². The van der Waals surface area contributed by atoms with Gasteiger partial charge in [0, 0.05) is 6.54 Å². The minimum absolute atomic E-state index is 0.714. The maximum absolute atomic E-state index is 6.02. The Labute approximate surface area is 103 Å². The van der Waals surface area contributed by atoms with Gasteiger partial charge < -0.3 is 15.8 Å². The predicted octanol–water partition coefficient (Wildman–Crippen LogP) is 3.27. The Bertz CT molecular complexity index is 359. The van der Waals surface area contributed by atoms with Gasteiger partial charge in [-0.1, -0.05) is 25.3 Å². The number of ether oxygens (including phenoxy) is 1. The summed E-state index contributed by atoms with van der Waals surface area (Å²) >= 11 is 0. The van der Waals surface area contributed by atoms with Crippen molar-refractivity contribution >= 4 is 11.4 Å². The zero-order valence-electron chi connectivity index (χ0n) is 10.5. The number of hydrogen-bond acceptors (Lipinski definition) is 3. The van der Waals surface area contributed by atoms with Crippen molar-refractivity contribution in [1.82, 2.24) is 0 Å². The first-order valence-electron chi connectivity index (χ1n) is 6.47. The number of rotatable bonds is 4. The molecule has 0 heterocycles. The lowest BCUT2D eigenvalue weighted by Gasteiger charge is -2.23. The second kappa shape index (κ2) is 5.80. The van der Waals surface area contributed by atoms with E-state index in [1.165, 1.54) is 32.1 Å². The summed E-state index contributed by atoms with van der Waals surface area (Å²) in [7, 11) is 1.65. The van der Waals surface area contributed by atoms with E-state index in [4.69, 9.17) is 10.5 Å². The van der Waals surface area contributed by atoms with Gasteiger partial charge in [0.1, 0.15) is 5.75 Å². The molecule has 0 atom stereocenters.